The van der Waals surface area contributed by atoms with E-state index in [9.17, 15) is 9.90 Å². The average molecular weight is 261 g/mol. The maximum Gasteiger partial charge on any atom is 0.224 e. The highest BCUT2D eigenvalue weighted by Crippen LogP contribution is 2.27. The van der Waals surface area contributed by atoms with Crippen molar-refractivity contribution in [3.8, 4) is 5.75 Å². The number of hydrogen-bond donors (Lipinski definition) is 2. The van der Waals surface area contributed by atoms with E-state index in [1.54, 1.807) is 18.2 Å². The summed E-state index contributed by atoms with van der Waals surface area (Å²) < 4.78 is 0. The van der Waals surface area contributed by atoms with Gasteiger partial charge in [0.05, 0.1) is 0 Å². The van der Waals surface area contributed by atoms with Crippen molar-refractivity contribution in [1.29, 1.82) is 0 Å². The van der Waals surface area contributed by atoms with E-state index in [4.69, 9.17) is 0 Å². The lowest BCUT2D eigenvalue weighted by Crippen LogP contribution is -2.15. The highest BCUT2D eigenvalue weighted by atomic mass is 16.3. The normalized spacial score (nSPS) is 16.3. The quantitative estimate of drug-likeness (QED) is 0.805. The van der Waals surface area contributed by atoms with Crippen LogP contribution in [-0.4, -0.2) is 11.0 Å². The van der Waals surface area contributed by atoms with Gasteiger partial charge in [0.1, 0.15) is 5.75 Å². The van der Waals surface area contributed by atoms with Crippen molar-refractivity contribution in [2.75, 3.05) is 5.32 Å². The van der Waals surface area contributed by atoms with Gasteiger partial charge in [-0.3, -0.25) is 4.79 Å². The number of phenolic OH excluding ortho intramolecular Hbond substituents is 1. The van der Waals surface area contributed by atoms with Crippen LogP contribution in [0, 0.1) is 12.8 Å². The molecule has 0 spiro atoms. The zero-order chi connectivity index (χ0) is 13.7. The highest BCUT2D eigenvalue weighted by molar-refractivity contribution is 5.91. The standard InChI is InChI=1S/C16H23NO2/c1-12-11-14(18)8-9-15(12)17-16(19)10-7-13-5-3-2-4-6-13/h8-9,11,13,18H,2-7,10H2,1H3,(H,17,19). The lowest BCUT2D eigenvalue weighted by molar-refractivity contribution is -0.116. The summed E-state index contributed by atoms with van der Waals surface area (Å²) in [6.45, 7) is 1.89. The first-order valence-corrected chi connectivity index (χ1v) is 7.24. The second kappa shape index (κ2) is 6.60. The molecule has 3 nitrogen and oxygen atoms in total. The summed E-state index contributed by atoms with van der Waals surface area (Å²) in [6, 6.07) is 5.02. The van der Waals surface area contributed by atoms with E-state index in [0.717, 1.165) is 23.6 Å². The fourth-order valence-corrected chi connectivity index (χ4v) is 2.81. The van der Waals surface area contributed by atoms with Gasteiger partial charge < -0.3 is 10.4 Å². The van der Waals surface area contributed by atoms with Crippen molar-refractivity contribution >= 4 is 11.6 Å². The van der Waals surface area contributed by atoms with Gasteiger partial charge in [0.25, 0.3) is 0 Å². The Balaban J connectivity index is 1.80. The number of anilines is 1. The fourth-order valence-electron chi connectivity index (χ4n) is 2.81. The topological polar surface area (TPSA) is 49.3 Å². The summed E-state index contributed by atoms with van der Waals surface area (Å²) in [5.41, 5.74) is 1.69. The average Bonchev–Trinajstić information content (AvgIpc) is 2.41. The monoisotopic (exact) mass is 261 g/mol. The summed E-state index contributed by atoms with van der Waals surface area (Å²) in [5, 5.41) is 12.3. The molecular weight excluding hydrogens is 238 g/mol. The van der Waals surface area contributed by atoms with Gasteiger partial charge in [0.2, 0.25) is 5.91 Å². The Bertz CT molecular complexity index is 436. The Hall–Kier alpha value is -1.51. The summed E-state index contributed by atoms with van der Waals surface area (Å²) in [4.78, 5) is 11.9. The van der Waals surface area contributed by atoms with Crippen molar-refractivity contribution in [3.05, 3.63) is 23.8 Å². The molecule has 1 fully saturated rings. The first kappa shape index (κ1) is 13.9. The van der Waals surface area contributed by atoms with Crippen LogP contribution >= 0.6 is 0 Å². The maximum atomic E-state index is 11.9. The van der Waals surface area contributed by atoms with Crippen molar-refractivity contribution in [2.45, 2.75) is 51.9 Å². The summed E-state index contributed by atoms with van der Waals surface area (Å²) in [7, 11) is 0. The van der Waals surface area contributed by atoms with Crippen molar-refractivity contribution in [2.24, 2.45) is 5.92 Å². The molecule has 19 heavy (non-hydrogen) atoms. The van der Waals surface area contributed by atoms with Gasteiger partial charge in [-0.25, -0.2) is 0 Å². The van der Waals surface area contributed by atoms with Gasteiger partial charge in [-0.2, -0.15) is 0 Å². The number of phenols is 1. The van der Waals surface area contributed by atoms with Gasteiger partial charge in [-0.05, 0) is 43.0 Å². The Kier molecular flexibility index (Phi) is 4.83. The van der Waals surface area contributed by atoms with Gasteiger partial charge in [0, 0.05) is 12.1 Å². The molecule has 3 heteroatoms. The molecule has 0 heterocycles. The van der Waals surface area contributed by atoms with E-state index in [1.165, 1.54) is 32.1 Å². The molecule has 104 valence electrons. The van der Waals surface area contributed by atoms with Crippen LogP contribution in [0.2, 0.25) is 0 Å². The van der Waals surface area contributed by atoms with Crippen molar-refractivity contribution in [3.63, 3.8) is 0 Å². The molecule has 1 aliphatic rings. The Labute approximate surface area is 115 Å². The number of carbonyl (C=O) groups excluding carboxylic acids is 1. The molecule has 0 aliphatic heterocycles. The molecule has 1 aromatic rings. The second-order valence-electron chi connectivity index (χ2n) is 5.59. The van der Waals surface area contributed by atoms with E-state index in [2.05, 4.69) is 5.32 Å². The zero-order valence-corrected chi connectivity index (χ0v) is 11.6. The third-order valence-electron chi connectivity index (χ3n) is 3.99. The van der Waals surface area contributed by atoms with E-state index in [1.807, 2.05) is 6.92 Å². The molecule has 1 aromatic carbocycles. The number of aromatic hydroxyl groups is 1. The molecule has 1 saturated carbocycles. The Morgan fingerprint density at radius 1 is 1.32 bits per heavy atom. The van der Waals surface area contributed by atoms with Gasteiger partial charge in [0.15, 0.2) is 0 Å². The molecule has 0 atom stereocenters. The van der Waals surface area contributed by atoms with Crippen LogP contribution in [0.25, 0.3) is 0 Å². The largest absolute Gasteiger partial charge is 0.508 e. The minimum Gasteiger partial charge on any atom is -0.508 e. The zero-order valence-electron chi connectivity index (χ0n) is 11.6. The SMILES string of the molecule is Cc1cc(O)ccc1NC(=O)CCC1CCCCC1. The van der Waals surface area contributed by atoms with Crippen LogP contribution in [-0.2, 0) is 4.79 Å². The molecule has 0 bridgehead atoms. The molecule has 2 N–H and O–H groups in total. The number of rotatable bonds is 4. The van der Waals surface area contributed by atoms with Crippen molar-refractivity contribution < 1.29 is 9.90 Å². The van der Waals surface area contributed by atoms with Gasteiger partial charge >= 0.3 is 0 Å². The molecule has 0 aromatic heterocycles. The third-order valence-corrected chi connectivity index (χ3v) is 3.99. The second-order valence-corrected chi connectivity index (χ2v) is 5.59. The minimum atomic E-state index is 0.0827. The molecule has 1 amide bonds. The molecular formula is C16H23NO2. The number of carbonyl (C=O) groups is 1. The number of aryl methyl sites for hydroxylation is 1. The summed E-state index contributed by atoms with van der Waals surface area (Å²) >= 11 is 0. The first-order valence-electron chi connectivity index (χ1n) is 7.24. The van der Waals surface area contributed by atoms with Crippen molar-refractivity contribution in [1.82, 2.24) is 0 Å². The molecule has 1 aliphatic carbocycles. The Morgan fingerprint density at radius 3 is 2.74 bits per heavy atom. The number of hydrogen-bond acceptors (Lipinski definition) is 2. The number of nitrogens with one attached hydrogen (secondary N) is 1. The summed E-state index contributed by atoms with van der Waals surface area (Å²) in [6.07, 6.45) is 8.17. The van der Waals surface area contributed by atoms with Crippen LogP contribution in [0.4, 0.5) is 5.69 Å². The van der Waals surface area contributed by atoms with E-state index in [0.29, 0.717) is 6.42 Å². The predicted molar refractivity (Wildman–Crippen MR) is 77.3 cm³/mol. The van der Waals surface area contributed by atoms with Gasteiger partial charge in [-0.1, -0.05) is 32.1 Å². The molecule has 0 unspecified atom stereocenters. The molecule has 0 radical (unpaired) electrons. The first-order chi connectivity index (χ1) is 9.15. The van der Waals surface area contributed by atoms with E-state index in [-0.39, 0.29) is 11.7 Å². The highest BCUT2D eigenvalue weighted by Gasteiger charge is 2.15. The van der Waals surface area contributed by atoms with E-state index < -0.39 is 0 Å². The van der Waals surface area contributed by atoms with Crippen LogP contribution in [0.5, 0.6) is 5.75 Å². The van der Waals surface area contributed by atoms with Crippen LogP contribution in [0.1, 0.15) is 50.5 Å². The van der Waals surface area contributed by atoms with Gasteiger partial charge in [-0.15, -0.1) is 0 Å². The Morgan fingerprint density at radius 2 is 2.05 bits per heavy atom. The third kappa shape index (κ3) is 4.27. The minimum absolute atomic E-state index is 0.0827. The molecule has 0 saturated heterocycles. The summed E-state index contributed by atoms with van der Waals surface area (Å²) in [5.74, 6) is 1.05. The smallest absolute Gasteiger partial charge is 0.224 e. The van der Waals surface area contributed by atoms with E-state index >= 15 is 0 Å². The molecule has 2 rings (SSSR count). The maximum absolute atomic E-state index is 11.9. The van der Waals surface area contributed by atoms with Crippen LogP contribution in [0.15, 0.2) is 18.2 Å². The predicted octanol–water partition coefficient (Wildman–Crippen LogP) is 4.00. The van der Waals surface area contributed by atoms with Crippen LogP contribution < -0.4 is 5.32 Å². The lowest BCUT2D eigenvalue weighted by atomic mass is 9.86. The fraction of sp³-hybridized carbons (Fsp3) is 0.562. The number of amides is 1. The van der Waals surface area contributed by atoms with Crippen LogP contribution in [0.3, 0.4) is 0 Å². The lowest BCUT2D eigenvalue weighted by Gasteiger charge is -2.21. The number of benzene rings is 1.